The summed E-state index contributed by atoms with van der Waals surface area (Å²) >= 11 is 0. The van der Waals surface area contributed by atoms with Gasteiger partial charge in [0, 0.05) is 29.4 Å². The van der Waals surface area contributed by atoms with Crippen molar-refractivity contribution < 1.29 is 22.4 Å². The van der Waals surface area contributed by atoms with E-state index in [-0.39, 0.29) is 11.7 Å². The molecule has 0 saturated heterocycles. The monoisotopic (exact) mass is 568 g/mol. The molecule has 2 N–H and O–H groups in total. The Morgan fingerprint density at radius 2 is 1.98 bits per heavy atom. The Morgan fingerprint density at radius 1 is 1.12 bits per heavy atom. The number of benzene rings is 2. The molecule has 0 unspecified atom stereocenters. The van der Waals surface area contributed by atoms with Gasteiger partial charge in [0.1, 0.15) is 22.8 Å². The smallest absolute Gasteiger partial charge is 0.255 e. The number of ether oxygens (including phenoxy) is 1. The fraction of sp³-hybridized carbons (Fsp3) is 0.226. The van der Waals surface area contributed by atoms with Crippen LogP contribution in [-0.4, -0.2) is 36.7 Å². The first-order valence-corrected chi connectivity index (χ1v) is 15.3. The summed E-state index contributed by atoms with van der Waals surface area (Å²) in [6, 6.07) is 17.3. The van der Waals surface area contributed by atoms with E-state index in [9.17, 15) is 13.2 Å². The van der Waals surface area contributed by atoms with Crippen LogP contribution < -0.4 is 14.8 Å². The molecule has 0 fully saturated rings. The number of rotatable bonds is 6. The fourth-order valence-corrected chi connectivity index (χ4v) is 6.36. The maximum atomic E-state index is 13.1. The number of amides is 1. The van der Waals surface area contributed by atoms with Crippen molar-refractivity contribution in [1.29, 1.82) is 0 Å². The van der Waals surface area contributed by atoms with Gasteiger partial charge in [0.2, 0.25) is 10.0 Å². The zero-order valence-corrected chi connectivity index (χ0v) is 23.5. The number of para-hydroxylation sites is 1. The Kier molecular flexibility index (Phi) is 5.90. The summed E-state index contributed by atoms with van der Waals surface area (Å²) < 4.78 is 42.6. The molecule has 9 nitrogen and oxygen atoms in total. The molecular weight excluding hydrogens is 540 g/mol. The van der Waals surface area contributed by atoms with Crippen molar-refractivity contribution in [3.05, 3.63) is 72.0 Å². The van der Waals surface area contributed by atoms with E-state index >= 15 is 0 Å². The van der Waals surface area contributed by atoms with Crippen LogP contribution in [0.3, 0.4) is 0 Å². The molecule has 41 heavy (non-hydrogen) atoms. The van der Waals surface area contributed by atoms with Gasteiger partial charge in [0.15, 0.2) is 6.73 Å². The van der Waals surface area contributed by atoms with E-state index in [0.717, 1.165) is 41.4 Å². The molecule has 7 rings (SSSR count). The SMILES string of the molecule is CCS(=O)(=O)Nc1cc2oc(C3=CCCC3)c(C(=O)NC)c2cc1-c1ccc2c(n1)-c1cc3ccccc3n1CO2. The largest absolute Gasteiger partial charge is 0.470 e. The van der Waals surface area contributed by atoms with Crippen LogP contribution in [0.5, 0.6) is 5.75 Å². The molecule has 5 aromatic rings. The number of hydrogen-bond acceptors (Lipinski definition) is 6. The van der Waals surface area contributed by atoms with Gasteiger partial charge in [0.05, 0.1) is 33.9 Å². The summed E-state index contributed by atoms with van der Waals surface area (Å²) in [4.78, 5) is 18.1. The zero-order chi connectivity index (χ0) is 28.3. The highest BCUT2D eigenvalue weighted by molar-refractivity contribution is 7.92. The van der Waals surface area contributed by atoms with E-state index < -0.39 is 10.0 Å². The molecule has 1 aliphatic carbocycles. The first kappa shape index (κ1) is 25.4. The number of fused-ring (bicyclic) bond motifs is 6. The van der Waals surface area contributed by atoms with Crippen LogP contribution in [0.1, 0.15) is 42.3 Å². The van der Waals surface area contributed by atoms with Gasteiger partial charge in [-0.05, 0) is 62.1 Å². The molecule has 0 atom stereocenters. The molecule has 10 heteroatoms. The van der Waals surface area contributed by atoms with Crippen LogP contribution >= 0.6 is 0 Å². The Bertz CT molecular complexity index is 2020. The molecule has 1 amide bonds. The molecular formula is C31H28N4O5S. The quantitative estimate of drug-likeness (QED) is 0.254. The number of furan rings is 1. The zero-order valence-electron chi connectivity index (χ0n) is 22.7. The molecule has 208 valence electrons. The summed E-state index contributed by atoms with van der Waals surface area (Å²) in [7, 11) is -2.05. The molecule has 0 saturated carbocycles. The lowest BCUT2D eigenvalue weighted by Crippen LogP contribution is -2.19. The van der Waals surface area contributed by atoms with Gasteiger partial charge in [-0.1, -0.05) is 24.3 Å². The number of sulfonamides is 1. The molecule has 0 radical (unpaired) electrons. The molecule has 4 heterocycles. The lowest BCUT2D eigenvalue weighted by atomic mass is 10.0. The molecule has 0 spiro atoms. The number of pyridine rings is 1. The summed E-state index contributed by atoms with van der Waals surface area (Å²) in [6.45, 7) is 1.95. The summed E-state index contributed by atoms with van der Waals surface area (Å²) in [5.74, 6) is 0.798. The Morgan fingerprint density at radius 3 is 2.76 bits per heavy atom. The highest BCUT2D eigenvalue weighted by Gasteiger charge is 2.27. The number of carbonyl (C=O) groups excluding carboxylic acids is 1. The van der Waals surface area contributed by atoms with Crippen molar-refractivity contribution in [2.45, 2.75) is 32.9 Å². The number of nitrogens with one attached hydrogen (secondary N) is 2. The molecule has 0 bridgehead atoms. The van der Waals surface area contributed by atoms with E-state index in [1.54, 1.807) is 26.1 Å². The third-order valence-electron chi connectivity index (χ3n) is 7.80. The van der Waals surface area contributed by atoms with Gasteiger partial charge in [-0.2, -0.15) is 0 Å². The average Bonchev–Trinajstić information content (AvgIpc) is 3.73. The molecule has 1 aliphatic heterocycles. The van der Waals surface area contributed by atoms with Crippen LogP contribution in [0.4, 0.5) is 5.69 Å². The Hall–Kier alpha value is -4.57. The Balaban J connectivity index is 1.46. The van der Waals surface area contributed by atoms with Crippen LogP contribution in [0.25, 0.3) is 50.1 Å². The maximum Gasteiger partial charge on any atom is 0.255 e. The minimum absolute atomic E-state index is 0.101. The lowest BCUT2D eigenvalue weighted by molar-refractivity contribution is 0.0963. The fourth-order valence-electron chi connectivity index (χ4n) is 5.71. The van der Waals surface area contributed by atoms with Crippen molar-refractivity contribution in [3.8, 4) is 28.4 Å². The number of aromatic nitrogens is 2. The third-order valence-corrected chi connectivity index (χ3v) is 9.09. The lowest BCUT2D eigenvalue weighted by Gasteiger charge is -2.21. The first-order valence-electron chi connectivity index (χ1n) is 13.6. The first-order chi connectivity index (χ1) is 19.9. The highest BCUT2D eigenvalue weighted by atomic mass is 32.2. The van der Waals surface area contributed by atoms with Gasteiger partial charge in [-0.25, -0.2) is 13.4 Å². The van der Waals surface area contributed by atoms with E-state index in [1.165, 1.54) is 0 Å². The number of hydrogen-bond donors (Lipinski definition) is 2. The van der Waals surface area contributed by atoms with Crippen LogP contribution in [0.15, 0.2) is 65.1 Å². The summed E-state index contributed by atoms with van der Waals surface area (Å²) in [5, 5.41) is 4.40. The maximum absolute atomic E-state index is 13.1. The number of carbonyl (C=O) groups is 1. The second-order valence-corrected chi connectivity index (χ2v) is 12.3. The number of anilines is 1. The number of nitrogens with zero attached hydrogens (tertiary/aromatic N) is 2. The van der Waals surface area contributed by atoms with Gasteiger partial charge in [0.25, 0.3) is 5.91 Å². The summed E-state index contributed by atoms with van der Waals surface area (Å²) in [6.07, 6.45) is 4.82. The van der Waals surface area contributed by atoms with Crippen molar-refractivity contribution in [3.63, 3.8) is 0 Å². The van der Waals surface area contributed by atoms with Crippen LogP contribution in [0.2, 0.25) is 0 Å². The third kappa shape index (κ3) is 4.17. The van der Waals surface area contributed by atoms with Gasteiger partial charge in [-0.15, -0.1) is 0 Å². The van der Waals surface area contributed by atoms with Crippen LogP contribution in [0, 0.1) is 0 Å². The molecule has 2 aliphatic rings. The van der Waals surface area contributed by atoms with Gasteiger partial charge in [-0.3, -0.25) is 9.52 Å². The second kappa shape index (κ2) is 9.52. The van der Waals surface area contributed by atoms with Gasteiger partial charge >= 0.3 is 0 Å². The van der Waals surface area contributed by atoms with E-state index in [4.69, 9.17) is 14.1 Å². The summed E-state index contributed by atoms with van der Waals surface area (Å²) in [5.41, 5.74) is 5.84. The van der Waals surface area contributed by atoms with Crippen molar-refractivity contribution >= 4 is 49.1 Å². The van der Waals surface area contributed by atoms with Crippen molar-refractivity contribution in [2.75, 3.05) is 17.5 Å². The standard InChI is InChI=1S/C31H28N4O5S/c1-3-41(37,38)34-23-16-27-21(28(31(36)32-2)30(40-27)18-8-4-5-9-18)15-20(23)22-12-13-26-29(33-22)25-14-19-10-6-7-11-24(19)35(25)17-39-26/h6-8,10-16,34H,3-5,9,17H2,1-2H3,(H,32,36). The minimum atomic E-state index is -3.63. The number of allylic oxidation sites excluding steroid dienone is 2. The van der Waals surface area contributed by atoms with Crippen molar-refractivity contribution in [2.24, 2.45) is 0 Å². The molecule has 2 aromatic carbocycles. The van der Waals surface area contributed by atoms with Gasteiger partial charge < -0.3 is 19.0 Å². The van der Waals surface area contributed by atoms with E-state index in [1.807, 2.05) is 36.4 Å². The predicted molar refractivity (Wildman–Crippen MR) is 159 cm³/mol. The predicted octanol–water partition coefficient (Wildman–Crippen LogP) is 6.15. The topological polar surface area (TPSA) is 115 Å². The average molecular weight is 569 g/mol. The van der Waals surface area contributed by atoms with E-state index in [2.05, 4.69) is 26.7 Å². The Labute approximate surface area is 236 Å². The molecule has 3 aromatic heterocycles. The highest BCUT2D eigenvalue weighted by Crippen LogP contribution is 2.43. The minimum Gasteiger partial charge on any atom is -0.470 e. The van der Waals surface area contributed by atoms with Crippen LogP contribution in [-0.2, 0) is 16.8 Å². The van der Waals surface area contributed by atoms with Crippen molar-refractivity contribution in [1.82, 2.24) is 14.9 Å². The normalized spacial score (nSPS) is 14.4. The van der Waals surface area contributed by atoms with E-state index in [0.29, 0.717) is 57.4 Å². The second-order valence-electron chi connectivity index (χ2n) is 10.2.